The molecule has 0 spiro atoms. The summed E-state index contributed by atoms with van der Waals surface area (Å²) >= 11 is 1.68. The van der Waals surface area contributed by atoms with Gasteiger partial charge in [-0.15, -0.1) is 5.10 Å². The van der Waals surface area contributed by atoms with E-state index in [1.165, 1.54) is 6.42 Å². The summed E-state index contributed by atoms with van der Waals surface area (Å²) < 4.78 is 7.43. The summed E-state index contributed by atoms with van der Waals surface area (Å²) in [5.74, 6) is 0.946. The van der Waals surface area contributed by atoms with Gasteiger partial charge in [0.05, 0.1) is 12.6 Å². The molecule has 1 aliphatic heterocycles. The van der Waals surface area contributed by atoms with Crippen molar-refractivity contribution in [2.75, 3.05) is 25.4 Å². The maximum atomic E-state index is 5.58. The number of hydrogen-bond donors (Lipinski definition) is 1. The molecule has 17 heavy (non-hydrogen) atoms. The molecule has 2 rings (SSSR count). The van der Waals surface area contributed by atoms with Crippen LogP contribution in [-0.4, -0.2) is 51.8 Å². The molecule has 0 aliphatic carbocycles. The molecule has 0 amide bonds. The van der Waals surface area contributed by atoms with Crippen LogP contribution in [0.2, 0.25) is 0 Å². The molecule has 0 aromatic carbocycles. The highest BCUT2D eigenvalue weighted by atomic mass is 32.2. The van der Waals surface area contributed by atoms with Crippen LogP contribution in [0.15, 0.2) is 5.16 Å². The summed E-state index contributed by atoms with van der Waals surface area (Å²) in [5.41, 5.74) is 0. The number of thioether (sulfide) groups is 1. The standard InChI is InChI=1S/C10H19N5OS/c1-2-11-5-6-15-10(12-13-14-15)17-8-9-4-3-7-16-9/h9,11H,2-8H2,1H3. The van der Waals surface area contributed by atoms with E-state index in [1.807, 2.05) is 4.68 Å². The fraction of sp³-hybridized carbons (Fsp3) is 0.900. The van der Waals surface area contributed by atoms with Gasteiger partial charge < -0.3 is 10.1 Å². The third kappa shape index (κ3) is 3.93. The van der Waals surface area contributed by atoms with Gasteiger partial charge in [-0.05, 0) is 29.8 Å². The van der Waals surface area contributed by atoms with E-state index in [4.69, 9.17) is 4.74 Å². The minimum absolute atomic E-state index is 0.374. The summed E-state index contributed by atoms with van der Waals surface area (Å²) in [4.78, 5) is 0. The highest BCUT2D eigenvalue weighted by Crippen LogP contribution is 2.21. The van der Waals surface area contributed by atoms with Crippen molar-refractivity contribution in [2.45, 2.75) is 37.6 Å². The zero-order valence-corrected chi connectivity index (χ0v) is 10.9. The van der Waals surface area contributed by atoms with Crippen LogP contribution in [0.4, 0.5) is 0 Å². The van der Waals surface area contributed by atoms with Crippen molar-refractivity contribution in [1.82, 2.24) is 25.5 Å². The van der Waals surface area contributed by atoms with Crippen molar-refractivity contribution in [2.24, 2.45) is 0 Å². The molecule has 1 N–H and O–H groups in total. The Kier molecular flexibility index (Phi) is 5.21. The van der Waals surface area contributed by atoms with E-state index >= 15 is 0 Å². The van der Waals surface area contributed by atoms with E-state index in [1.54, 1.807) is 11.8 Å². The topological polar surface area (TPSA) is 64.9 Å². The minimum atomic E-state index is 0.374. The van der Waals surface area contributed by atoms with Gasteiger partial charge in [0.25, 0.3) is 0 Å². The highest BCUT2D eigenvalue weighted by Gasteiger charge is 2.17. The Bertz CT molecular complexity index is 326. The van der Waals surface area contributed by atoms with Crippen molar-refractivity contribution in [3.05, 3.63) is 0 Å². The van der Waals surface area contributed by atoms with Gasteiger partial charge >= 0.3 is 0 Å². The van der Waals surface area contributed by atoms with E-state index in [-0.39, 0.29) is 0 Å². The molecule has 7 heteroatoms. The number of nitrogens with zero attached hydrogens (tertiary/aromatic N) is 4. The quantitative estimate of drug-likeness (QED) is 0.568. The lowest BCUT2D eigenvalue weighted by Gasteiger charge is -2.08. The van der Waals surface area contributed by atoms with Gasteiger partial charge in [0.2, 0.25) is 5.16 Å². The van der Waals surface area contributed by atoms with Crippen LogP contribution in [0, 0.1) is 0 Å². The van der Waals surface area contributed by atoms with E-state index in [0.29, 0.717) is 6.10 Å². The third-order valence-electron chi connectivity index (χ3n) is 2.67. The molecular weight excluding hydrogens is 238 g/mol. The van der Waals surface area contributed by atoms with Crippen molar-refractivity contribution in [3.63, 3.8) is 0 Å². The zero-order valence-electron chi connectivity index (χ0n) is 10.1. The Hall–Kier alpha value is -0.660. The molecule has 1 aliphatic rings. The average molecular weight is 257 g/mol. The molecule has 6 nitrogen and oxygen atoms in total. The molecule has 1 aromatic rings. The van der Waals surface area contributed by atoms with Crippen LogP contribution in [0.3, 0.4) is 0 Å². The minimum Gasteiger partial charge on any atom is -0.377 e. The van der Waals surface area contributed by atoms with Crippen LogP contribution in [0.1, 0.15) is 19.8 Å². The lowest BCUT2D eigenvalue weighted by molar-refractivity contribution is 0.129. The molecule has 1 atom stereocenters. The Morgan fingerprint density at radius 3 is 3.29 bits per heavy atom. The summed E-state index contributed by atoms with van der Waals surface area (Å²) in [6.07, 6.45) is 2.71. The van der Waals surface area contributed by atoms with Crippen LogP contribution < -0.4 is 5.32 Å². The van der Waals surface area contributed by atoms with Crippen LogP contribution in [0.5, 0.6) is 0 Å². The molecule has 96 valence electrons. The summed E-state index contributed by atoms with van der Waals surface area (Å²) in [5, 5.41) is 15.9. The molecule has 1 unspecified atom stereocenters. The second-order valence-electron chi connectivity index (χ2n) is 3.98. The largest absolute Gasteiger partial charge is 0.377 e. The van der Waals surface area contributed by atoms with E-state index in [9.17, 15) is 0 Å². The van der Waals surface area contributed by atoms with Crippen LogP contribution in [-0.2, 0) is 11.3 Å². The number of hydrogen-bond acceptors (Lipinski definition) is 6. The average Bonchev–Trinajstić information content (AvgIpc) is 2.97. The first-order valence-electron chi connectivity index (χ1n) is 6.11. The van der Waals surface area contributed by atoms with Crippen molar-refractivity contribution in [3.8, 4) is 0 Å². The number of tetrazole rings is 1. The first kappa shape index (κ1) is 12.8. The third-order valence-corrected chi connectivity index (χ3v) is 3.76. The molecule has 1 fully saturated rings. The smallest absolute Gasteiger partial charge is 0.209 e. The molecule has 0 radical (unpaired) electrons. The number of likely N-dealkylation sites (N-methyl/N-ethyl adjacent to an activating group) is 1. The normalized spacial score (nSPS) is 19.9. The fourth-order valence-electron chi connectivity index (χ4n) is 1.75. The van der Waals surface area contributed by atoms with Crippen molar-refractivity contribution in [1.29, 1.82) is 0 Å². The number of nitrogens with one attached hydrogen (secondary N) is 1. The molecule has 0 bridgehead atoms. The zero-order chi connectivity index (χ0) is 11.9. The van der Waals surface area contributed by atoms with Crippen molar-refractivity contribution >= 4 is 11.8 Å². The second-order valence-corrected chi connectivity index (χ2v) is 4.97. The Balaban J connectivity index is 1.76. The predicted octanol–water partition coefficient (Wildman–Crippen LogP) is 0.554. The summed E-state index contributed by atoms with van der Waals surface area (Å²) in [6, 6.07) is 0. The van der Waals surface area contributed by atoms with Gasteiger partial charge in [0, 0.05) is 18.9 Å². The Morgan fingerprint density at radius 2 is 2.53 bits per heavy atom. The monoisotopic (exact) mass is 257 g/mol. The maximum absolute atomic E-state index is 5.58. The summed E-state index contributed by atoms with van der Waals surface area (Å²) in [7, 11) is 0. The molecule has 2 heterocycles. The van der Waals surface area contributed by atoms with Crippen molar-refractivity contribution < 1.29 is 4.74 Å². The number of aromatic nitrogens is 4. The van der Waals surface area contributed by atoms with Crippen LogP contribution >= 0.6 is 11.8 Å². The van der Waals surface area contributed by atoms with Gasteiger partial charge in [-0.25, -0.2) is 4.68 Å². The van der Waals surface area contributed by atoms with Gasteiger partial charge in [-0.1, -0.05) is 18.7 Å². The Morgan fingerprint density at radius 1 is 1.59 bits per heavy atom. The summed E-state index contributed by atoms with van der Waals surface area (Å²) in [6.45, 7) is 5.67. The maximum Gasteiger partial charge on any atom is 0.209 e. The molecular formula is C10H19N5OS. The SMILES string of the molecule is CCNCCn1nnnc1SCC1CCCO1. The van der Waals surface area contributed by atoms with E-state index < -0.39 is 0 Å². The number of ether oxygens (including phenoxy) is 1. The van der Waals surface area contributed by atoms with E-state index in [2.05, 4.69) is 27.8 Å². The van der Waals surface area contributed by atoms with Gasteiger partial charge in [0.15, 0.2) is 0 Å². The number of rotatable bonds is 7. The first-order valence-corrected chi connectivity index (χ1v) is 7.10. The van der Waals surface area contributed by atoms with Gasteiger partial charge in [-0.2, -0.15) is 0 Å². The lowest BCUT2D eigenvalue weighted by atomic mass is 10.3. The lowest BCUT2D eigenvalue weighted by Crippen LogP contribution is -2.20. The molecule has 0 saturated carbocycles. The highest BCUT2D eigenvalue weighted by molar-refractivity contribution is 7.99. The Labute approximate surface area is 105 Å². The second kappa shape index (κ2) is 6.93. The van der Waals surface area contributed by atoms with Crippen LogP contribution in [0.25, 0.3) is 0 Å². The predicted molar refractivity (Wildman–Crippen MR) is 66.1 cm³/mol. The molecule has 1 aromatic heterocycles. The first-order chi connectivity index (χ1) is 8.40. The van der Waals surface area contributed by atoms with Gasteiger partial charge in [0.1, 0.15) is 0 Å². The molecule has 1 saturated heterocycles. The van der Waals surface area contributed by atoms with E-state index in [0.717, 1.165) is 43.6 Å². The van der Waals surface area contributed by atoms with Gasteiger partial charge in [-0.3, -0.25) is 0 Å². The fourth-order valence-corrected chi connectivity index (χ4v) is 2.71.